The molecule has 45 heavy (non-hydrogen) atoms. The fraction of sp³-hybridized carbons (Fsp3) is 0.344. The zero-order chi connectivity index (χ0) is 32.0. The summed E-state index contributed by atoms with van der Waals surface area (Å²) in [7, 11) is 4.26. The predicted molar refractivity (Wildman–Crippen MR) is 169 cm³/mol. The van der Waals surface area contributed by atoms with Crippen LogP contribution in [0.25, 0.3) is 22.4 Å². The van der Waals surface area contributed by atoms with E-state index in [1.54, 1.807) is 19.2 Å². The number of fused-ring (bicyclic) bond motifs is 1. The third kappa shape index (κ3) is 5.54. The number of halogens is 1. The van der Waals surface area contributed by atoms with Crippen LogP contribution in [0.1, 0.15) is 39.6 Å². The number of ether oxygens (including phenoxy) is 2. The van der Waals surface area contributed by atoms with Gasteiger partial charge in [0.2, 0.25) is 11.6 Å². The molecular weight excluding hydrogens is 600 g/mol. The lowest BCUT2D eigenvalue weighted by Gasteiger charge is -2.22. The molecule has 1 amide bonds. The lowest BCUT2D eigenvalue weighted by molar-refractivity contribution is 0.101. The van der Waals surface area contributed by atoms with Gasteiger partial charge >= 0.3 is 5.69 Å². The number of carbonyl (C=O) groups is 1. The molecule has 6 rings (SSSR count). The molecule has 3 heterocycles. The van der Waals surface area contributed by atoms with Crippen LogP contribution in [-0.4, -0.2) is 62.8 Å². The molecule has 2 aromatic carbocycles. The normalized spacial score (nSPS) is 19.0. The number of nitrogens with one attached hydrogen (secondary N) is 2. The number of hydrogen-bond donors (Lipinski definition) is 3. The van der Waals surface area contributed by atoms with Crippen LogP contribution in [0.3, 0.4) is 0 Å². The number of hydrogen-bond acceptors (Lipinski definition) is 9. The lowest BCUT2D eigenvalue weighted by Crippen LogP contribution is -2.43. The molecular formula is C32H33ClN6O6. The van der Waals surface area contributed by atoms with Gasteiger partial charge in [0.1, 0.15) is 0 Å². The standard InChI is InChI=1S/C32H33ClN6O6/c1-16-18(7-6-10-21(16)35-29(41)28-31(42)38(2)32(43)39(3)37-28)19-8-5-9-20(27(19)33)23-13-17-11-12-22(26(17)30(36-23)44-4)34-24-14-45-15-25(24)40/h5-10,13,22,24-25,34,40H,11-12,14-15H2,1-4H3,(H,35,41)/t22-,24-,25+/m1/s1. The van der Waals surface area contributed by atoms with E-state index >= 15 is 0 Å². The Morgan fingerprint density at radius 3 is 2.58 bits per heavy atom. The first kappa shape index (κ1) is 30.7. The molecule has 2 aromatic heterocycles. The summed E-state index contributed by atoms with van der Waals surface area (Å²) >= 11 is 7.07. The molecule has 2 aliphatic rings. The van der Waals surface area contributed by atoms with Crippen LogP contribution in [0.5, 0.6) is 5.88 Å². The monoisotopic (exact) mass is 632 g/mol. The Morgan fingerprint density at radius 1 is 1.11 bits per heavy atom. The number of nitrogens with zero attached hydrogens (tertiary/aromatic N) is 4. The zero-order valence-electron chi connectivity index (χ0n) is 25.3. The Bertz CT molecular complexity index is 1940. The highest BCUT2D eigenvalue weighted by Gasteiger charge is 2.34. The van der Waals surface area contributed by atoms with Crippen LogP contribution >= 0.6 is 11.6 Å². The molecule has 0 bridgehead atoms. The molecule has 3 atom stereocenters. The second-order valence-electron chi connectivity index (χ2n) is 11.3. The summed E-state index contributed by atoms with van der Waals surface area (Å²) in [6, 6.07) is 13.0. The first-order valence-electron chi connectivity index (χ1n) is 14.5. The van der Waals surface area contributed by atoms with Crippen molar-refractivity contribution in [2.24, 2.45) is 14.1 Å². The van der Waals surface area contributed by atoms with Gasteiger partial charge in [-0.1, -0.05) is 41.9 Å². The van der Waals surface area contributed by atoms with Gasteiger partial charge in [0.05, 0.1) is 43.2 Å². The number of pyridine rings is 1. The maximum Gasteiger partial charge on any atom is 0.346 e. The van der Waals surface area contributed by atoms with Gasteiger partial charge in [-0.25, -0.2) is 14.5 Å². The summed E-state index contributed by atoms with van der Waals surface area (Å²) in [4.78, 5) is 42.5. The van der Waals surface area contributed by atoms with Crippen molar-refractivity contribution < 1.29 is 19.4 Å². The first-order valence-corrected chi connectivity index (χ1v) is 14.9. The Balaban J connectivity index is 1.32. The topological polar surface area (TPSA) is 150 Å². The smallest absolute Gasteiger partial charge is 0.346 e. The number of aryl methyl sites for hydroxylation is 2. The van der Waals surface area contributed by atoms with Gasteiger partial charge in [-0.2, -0.15) is 5.10 Å². The van der Waals surface area contributed by atoms with Gasteiger partial charge in [0.15, 0.2) is 0 Å². The van der Waals surface area contributed by atoms with E-state index in [9.17, 15) is 19.5 Å². The molecule has 1 aliphatic heterocycles. The molecule has 1 aliphatic carbocycles. The number of rotatable bonds is 7. The van der Waals surface area contributed by atoms with E-state index in [0.717, 1.165) is 55.5 Å². The highest BCUT2D eigenvalue weighted by atomic mass is 35.5. The second kappa shape index (κ2) is 12.2. The van der Waals surface area contributed by atoms with E-state index in [1.807, 2.05) is 37.3 Å². The van der Waals surface area contributed by atoms with Crippen molar-refractivity contribution in [2.45, 2.75) is 38.0 Å². The van der Waals surface area contributed by atoms with Gasteiger partial charge in [-0.05, 0) is 48.6 Å². The molecule has 13 heteroatoms. The highest BCUT2D eigenvalue weighted by molar-refractivity contribution is 6.36. The minimum Gasteiger partial charge on any atom is -0.481 e. The maximum absolute atomic E-state index is 13.1. The number of aliphatic hydroxyl groups excluding tert-OH is 1. The Labute approximate surface area is 263 Å². The number of anilines is 1. The number of carbonyl (C=O) groups excluding carboxylic acids is 1. The quantitative estimate of drug-likeness (QED) is 0.280. The van der Waals surface area contributed by atoms with Gasteiger partial charge in [-0.3, -0.25) is 14.2 Å². The maximum atomic E-state index is 13.1. The van der Waals surface area contributed by atoms with E-state index < -0.39 is 29.0 Å². The van der Waals surface area contributed by atoms with Crippen molar-refractivity contribution >= 4 is 23.2 Å². The molecule has 4 aromatic rings. The summed E-state index contributed by atoms with van der Waals surface area (Å²) in [5, 5.41) is 20.9. The Morgan fingerprint density at radius 2 is 1.84 bits per heavy atom. The van der Waals surface area contributed by atoms with Crippen molar-refractivity contribution in [1.29, 1.82) is 0 Å². The SMILES string of the molecule is COc1nc(-c2cccc(-c3cccc(NC(=O)c4nn(C)c(=O)n(C)c4=O)c3C)c2Cl)cc2c1[C@H](N[C@@H]1COC[C@@H]1O)CC2. The van der Waals surface area contributed by atoms with Crippen molar-refractivity contribution in [2.75, 3.05) is 25.6 Å². The molecule has 3 N–H and O–H groups in total. The Kier molecular flexibility index (Phi) is 8.31. The average molecular weight is 633 g/mol. The Hall–Kier alpha value is -4.36. The number of benzene rings is 2. The molecule has 12 nitrogen and oxygen atoms in total. The van der Waals surface area contributed by atoms with Crippen molar-refractivity contribution in [1.82, 2.24) is 24.6 Å². The van der Waals surface area contributed by atoms with E-state index in [-0.39, 0.29) is 12.1 Å². The van der Waals surface area contributed by atoms with Gasteiger partial charge in [-0.15, -0.1) is 0 Å². The minimum atomic E-state index is -0.787. The molecule has 0 radical (unpaired) electrons. The third-order valence-electron chi connectivity index (χ3n) is 8.50. The number of aromatic nitrogens is 4. The third-order valence-corrected chi connectivity index (χ3v) is 8.91. The molecule has 0 unspecified atom stereocenters. The second-order valence-corrected chi connectivity index (χ2v) is 11.7. The summed E-state index contributed by atoms with van der Waals surface area (Å²) in [5.74, 6) is -0.227. The van der Waals surface area contributed by atoms with Gasteiger partial charge in [0, 0.05) is 42.5 Å². The van der Waals surface area contributed by atoms with Crippen molar-refractivity contribution in [3.8, 4) is 28.3 Å². The fourth-order valence-corrected chi connectivity index (χ4v) is 6.37. The van der Waals surface area contributed by atoms with E-state index in [2.05, 4.69) is 15.7 Å². The van der Waals surface area contributed by atoms with Crippen LogP contribution in [0.15, 0.2) is 52.1 Å². The van der Waals surface area contributed by atoms with Gasteiger partial charge in [0.25, 0.3) is 11.5 Å². The highest BCUT2D eigenvalue weighted by Crippen LogP contribution is 2.43. The van der Waals surface area contributed by atoms with Crippen LogP contribution in [0.4, 0.5) is 5.69 Å². The summed E-state index contributed by atoms with van der Waals surface area (Å²) in [5.41, 5.74) is 4.34. The van der Waals surface area contributed by atoms with Crippen molar-refractivity contribution in [3.05, 3.63) is 90.7 Å². The minimum absolute atomic E-state index is 0.0172. The van der Waals surface area contributed by atoms with E-state index in [1.165, 1.54) is 14.1 Å². The van der Waals surface area contributed by atoms with Crippen LogP contribution < -0.4 is 26.6 Å². The molecule has 234 valence electrons. The number of aliphatic hydroxyl groups is 1. The zero-order valence-corrected chi connectivity index (χ0v) is 26.0. The van der Waals surface area contributed by atoms with Crippen LogP contribution in [0, 0.1) is 6.92 Å². The molecule has 0 spiro atoms. The molecule has 1 saturated heterocycles. The van der Waals surface area contributed by atoms with Crippen LogP contribution in [0.2, 0.25) is 5.02 Å². The predicted octanol–water partition coefficient (Wildman–Crippen LogP) is 2.77. The number of methoxy groups -OCH3 is 1. The van der Waals surface area contributed by atoms with Crippen LogP contribution in [-0.2, 0) is 25.3 Å². The van der Waals surface area contributed by atoms with E-state index in [4.69, 9.17) is 26.1 Å². The number of amides is 1. The molecule has 0 saturated carbocycles. The van der Waals surface area contributed by atoms with E-state index in [0.29, 0.717) is 35.5 Å². The summed E-state index contributed by atoms with van der Waals surface area (Å²) in [6.07, 6.45) is 1.10. The lowest BCUT2D eigenvalue weighted by atomic mass is 9.96. The largest absolute Gasteiger partial charge is 0.481 e. The molecule has 1 fully saturated rings. The summed E-state index contributed by atoms with van der Waals surface area (Å²) < 4.78 is 12.9. The average Bonchev–Trinajstić information content (AvgIpc) is 3.64. The van der Waals surface area contributed by atoms with Gasteiger partial charge < -0.3 is 25.2 Å². The first-order chi connectivity index (χ1) is 21.6. The van der Waals surface area contributed by atoms with Crippen molar-refractivity contribution in [3.63, 3.8) is 0 Å². The summed E-state index contributed by atoms with van der Waals surface area (Å²) in [6.45, 7) is 2.62. The fourth-order valence-electron chi connectivity index (χ4n) is 6.05.